The van der Waals surface area contributed by atoms with Crippen LogP contribution in [0.25, 0.3) is 0 Å². The number of hydrogen-bond donors (Lipinski definition) is 2. The first-order valence-electron chi connectivity index (χ1n) is 5.05. The van der Waals surface area contributed by atoms with Crippen LogP contribution in [0, 0.1) is 0 Å². The van der Waals surface area contributed by atoms with E-state index in [4.69, 9.17) is 16.3 Å². The van der Waals surface area contributed by atoms with E-state index in [-0.39, 0.29) is 12.3 Å². The Morgan fingerprint density at radius 1 is 1.56 bits per heavy atom. The second kappa shape index (κ2) is 5.46. The second-order valence-corrected chi connectivity index (χ2v) is 3.81. The number of nitrogens with zero attached hydrogens (tertiary/aromatic N) is 3. The van der Waals surface area contributed by atoms with Gasteiger partial charge in [-0.25, -0.2) is 0 Å². The predicted octanol–water partition coefficient (Wildman–Crippen LogP) is 1.04. The number of hydrogen-bond acceptors (Lipinski definition) is 5. The van der Waals surface area contributed by atoms with Crippen molar-refractivity contribution in [1.29, 1.82) is 0 Å². The number of ether oxygens (including phenoxy) is 1. The van der Waals surface area contributed by atoms with Crippen molar-refractivity contribution in [1.82, 2.24) is 20.6 Å². The molecule has 94 valence electrons. The summed E-state index contributed by atoms with van der Waals surface area (Å²) in [4.78, 5) is 11.6. The maximum Gasteiger partial charge on any atom is 0.232 e. The van der Waals surface area contributed by atoms with Crippen LogP contribution in [0.4, 0.5) is 5.69 Å². The maximum atomic E-state index is 11.6. The minimum Gasteiger partial charge on any atom is -0.495 e. The highest BCUT2D eigenvalue weighted by Gasteiger charge is 2.09. The number of amides is 1. The van der Waals surface area contributed by atoms with E-state index in [9.17, 15) is 4.79 Å². The molecule has 0 saturated carbocycles. The molecule has 1 amide bonds. The molecule has 8 heteroatoms. The summed E-state index contributed by atoms with van der Waals surface area (Å²) in [5.74, 6) is 0.623. The lowest BCUT2D eigenvalue weighted by Gasteiger charge is -2.07. The van der Waals surface area contributed by atoms with Crippen molar-refractivity contribution < 1.29 is 9.53 Å². The summed E-state index contributed by atoms with van der Waals surface area (Å²) in [6.45, 7) is 0. The van der Waals surface area contributed by atoms with Gasteiger partial charge >= 0.3 is 0 Å². The van der Waals surface area contributed by atoms with Crippen molar-refractivity contribution >= 4 is 23.2 Å². The van der Waals surface area contributed by atoms with Crippen LogP contribution in [-0.4, -0.2) is 33.6 Å². The molecule has 0 fully saturated rings. The lowest BCUT2D eigenvalue weighted by Crippen LogP contribution is -2.15. The molecule has 0 unspecified atom stereocenters. The third kappa shape index (κ3) is 2.95. The third-order valence-electron chi connectivity index (χ3n) is 2.14. The Hall–Kier alpha value is -2.15. The van der Waals surface area contributed by atoms with Crippen molar-refractivity contribution in [2.45, 2.75) is 6.42 Å². The fraction of sp³-hybridized carbons (Fsp3) is 0.200. The minimum atomic E-state index is -0.252. The number of methoxy groups -OCH3 is 1. The Labute approximate surface area is 107 Å². The van der Waals surface area contributed by atoms with Crippen molar-refractivity contribution in [3.05, 3.63) is 29.0 Å². The molecule has 0 bridgehead atoms. The molecule has 2 N–H and O–H groups in total. The Kier molecular flexibility index (Phi) is 3.73. The number of carbonyl (C=O) groups excluding carboxylic acids is 1. The molecule has 0 spiro atoms. The molecule has 0 saturated heterocycles. The van der Waals surface area contributed by atoms with E-state index in [1.165, 1.54) is 7.11 Å². The number of rotatable bonds is 4. The second-order valence-electron chi connectivity index (χ2n) is 3.40. The zero-order valence-corrected chi connectivity index (χ0v) is 10.2. The number of H-pyrrole nitrogens is 1. The molecule has 0 aliphatic heterocycles. The van der Waals surface area contributed by atoms with Gasteiger partial charge in [-0.1, -0.05) is 16.8 Å². The number of anilines is 1. The van der Waals surface area contributed by atoms with Gasteiger partial charge < -0.3 is 10.1 Å². The number of aromatic nitrogens is 4. The molecule has 1 aromatic carbocycles. The minimum absolute atomic E-state index is 0.0418. The van der Waals surface area contributed by atoms with E-state index in [0.717, 1.165) is 0 Å². The predicted molar refractivity (Wildman–Crippen MR) is 64.5 cm³/mol. The first-order chi connectivity index (χ1) is 8.69. The van der Waals surface area contributed by atoms with Crippen LogP contribution in [-0.2, 0) is 11.2 Å². The SMILES string of the molecule is COc1ccc(NC(=O)Cc2nn[nH]n2)cc1Cl. The highest BCUT2D eigenvalue weighted by atomic mass is 35.5. The first kappa shape index (κ1) is 12.3. The normalized spacial score (nSPS) is 10.1. The molecule has 2 rings (SSSR count). The van der Waals surface area contributed by atoms with Crippen molar-refractivity contribution in [2.24, 2.45) is 0 Å². The van der Waals surface area contributed by atoms with Crippen LogP contribution in [0.3, 0.4) is 0 Å². The van der Waals surface area contributed by atoms with E-state index in [0.29, 0.717) is 22.3 Å². The summed E-state index contributed by atoms with van der Waals surface area (Å²) < 4.78 is 5.01. The van der Waals surface area contributed by atoms with Crippen LogP contribution in [0.1, 0.15) is 5.82 Å². The number of halogens is 1. The van der Waals surface area contributed by atoms with Gasteiger partial charge in [0.05, 0.1) is 18.6 Å². The van der Waals surface area contributed by atoms with Crippen LogP contribution in [0.2, 0.25) is 5.02 Å². The number of nitrogens with one attached hydrogen (secondary N) is 2. The quantitative estimate of drug-likeness (QED) is 0.863. The Balaban J connectivity index is 2.01. The van der Waals surface area contributed by atoms with Gasteiger partial charge in [-0.3, -0.25) is 4.79 Å². The van der Waals surface area contributed by atoms with Crippen LogP contribution >= 0.6 is 11.6 Å². The standard InChI is InChI=1S/C10H10ClN5O2/c1-18-8-3-2-6(4-7(8)11)12-10(17)5-9-13-15-16-14-9/h2-4H,5H2,1H3,(H,12,17)(H,13,14,15,16). The average Bonchev–Trinajstić information content (AvgIpc) is 2.82. The maximum absolute atomic E-state index is 11.6. The monoisotopic (exact) mass is 267 g/mol. The van der Waals surface area contributed by atoms with Gasteiger partial charge in [0.25, 0.3) is 0 Å². The number of tetrazole rings is 1. The number of carbonyl (C=O) groups is 1. The lowest BCUT2D eigenvalue weighted by molar-refractivity contribution is -0.115. The van der Waals surface area contributed by atoms with E-state index in [2.05, 4.69) is 25.9 Å². The summed E-state index contributed by atoms with van der Waals surface area (Å²) in [5, 5.41) is 16.1. The topological polar surface area (TPSA) is 92.8 Å². The Bertz CT molecular complexity index is 543. The smallest absolute Gasteiger partial charge is 0.232 e. The molecular weight excluding hydrogens is 258 g/mol. The van der Waals surface area contributed by atoms with Crippen LogP contribution < -0.4 is 10.1 Å². The molecule has 1 aromatic heterocycles. The van der Waals surface area contributed by atoms with Crippen molar-refractivity contribution in [3.63, 3.8) is 0 Å². The third-order valence-corrected chi connectivity index (χ3v) is 2.44. The summed E-state index contributed by atoms with van der Waals surface area (Å²) in [6.07, 6.45) is 0.0418. The molecule has 2 aromatic rings. The molecule has 18 heavy (non-hydrogen) atoms. The van der Waals surface area contributed by atoms with Crippen LogP contribution in [0.5, 0.6) is 5.75 Å². The fourth-order valence-electron chi connectivity index (χ4n) is 1.35. The summed E-state index contributed by atoms with van der Waals surface area (Å²) >= 11 is 5.94. The highest BCUT2D eigenvalue weighted by molar-refractivity contribution is 6.32. The average molecular weight is 268 g/mol. The van der Waals surface area contributed by atoms with Gasteiger partial charge in [-0.05, 0) is 18.2 Å². The summed E-state index contributed by atoms with van der Waals surface area (Å²) in [7, 11) is 1.52. The van der Waals surface area contributed by atoms with Crippen molar-refractivity contribution in [2.75, 3.05) is 12.4 Å². The van der Waals surface area contributed by atoms with Gasteiger partial charge in [0.15, 0.2) is 5.82 Å². The van der Waals surface area contributed by atoms with E-state index < -0.39 is 0 Å². The molecule has 0 radical (unpaired) electrons. The molecule has 1 heterocycles. The lowest BCUT2D eigenvalue weighted by atomic mass is 10.3. The molecule has 0 aliphatic rings. The van der Waals surface area contributed by atoms with Crippen LogP contribution in [0.15, 0.2) is 18.2 Å². The zero-order valence-electron chi connectivity index (χ0n) is 9.48. The largest absolute Gasteiger partial charge is 0.495 e. The van der Waals surface area contributed by atoms with Gasteiger partial charge in [-0.2, -0.15) is 5.21 Å². The van der Waals surface area contributed by atoms with Crippen molar-refractivity contribution in [3.8, 4) is 5.75 Å². The van der Waals surface area contributed by atoms with E-state index in [1.54, 1.807) is 18.2 Å². The van der Waals surface area contributed by atoms with Gasteiger partial charge in [0.1, 0.15) is 5.75 Å². The summed E-state index contributed by atoms with van der Waals surface area (Å²) in [5.41, 5.74) is 0.578. The number of aromatic amines is 1. The number of benzene rings is 1. The Morgan fingerprint density at radius 2 is 2.39 bits per heavy atom. The van der Waals surface area contributed by atoms with Gasteiger partial charge in [-0.15, -0.1) is 10.2 Å². The van der Waals surface area contributed by atoms with Gasteiger partial charge in [0.2, 0.25) is 5.91 Å². The van der Waals surface area contributed by atoms with E-state index >= 15 is 0 Å². The molecule has 7 nitrogen and oxygen atoms in total. The molecular formula is C10H10ClN5O2. The van der Waals surface area contributed by atoms with Gasteiger partial charge in [0, 0.05) is 5.69 Å². The zero-order chi connectivity index (χ0) is 13.0. The summed E-state index contributed by atoms with van der Waals surface area (Å²) in [6, 6.07) is 4.97. The fourth-order valence-corrected chi connectivity index (χ4v) is 1.61. The molecule has 0 aliphatic carbocycles. The first-order valence-corrected chi connectivity index (χ1v) is 5.42. The highest BCUT2D eigenvalue weighted by Crippen LogP contribution is 2.27. The van der Waals surface area contributed by atoms with E-state index in [1.807, 2.05) is 0 Å². The molecule has 0 atom stereocenters. The Morgan fingerprint density at radius 3 is 3.00 bits per heavy atom.